The number of hydrogen-bond acceptors (Lipinski definition) is 5. The quantitative estimate of drug-likeness (QED) is 0.435. The van der Waals surface area contributed by atoms with E-state index in [1.165, 1.54) is 6.08 Å². The van der Waals surface area contributed by atoms with Crippen molar-refractivity contribution >= 4 is 17.8 Å². The number of methoxy groups -OCH3 is 1. The highest BCUT2D eigenvalue weighted by atomic mass is 32.2. The second-order valence-corrected chi connectivity index (χ2v) is 4.81. The molecular formula is C13H17NO4S. The molecule has 0 N–H and O–H groups in total. The van der Waals surface area contributed by atoms with Gasteiger partial charge in [0.25, 0.3) is 0 Å². The Labute approximate surface area is 116 Å². The van der Waals surface area contributed by atoms with Gasteiger partial charge < -0.3 is 9.47 Å². The minimum absolute atomic E-state index is 0.502. The molecule has 0 unspecified atom stereocenters. The smallest absolute Gasteiger partial charge is 0.235 e. The van der Waals surface area contributed by atoms with Crippen molar-refractivity contribution in [2.75, 3.05) is 19.5 Å². The van der Waals surface area contributed by atoms with Crippen LogP contribution in [0.1, 0.15) is 19.4 Å². The van der Waals surface area contributed by atoms with Crippen LogP contribution in [0.5, 0.6) is 11.5 Å². The van der Waals surface area contributed by atoms with Gasteiger partial charge in [0, 0.05) is 11.6 Å². The fourth-order valence-electron chi connectivity index (χ4n) is 1.54. The lowest BCUT2D eigenvalue weighted by atomic mass is 10.2. The lowest BCUT2D eigenvalue weighted by Gasteiger charge is -2.13. The minimum Gasteiger partial charge on any atom is -0.496 e. The number of hydrogen-bond donors (Lipinski definition) is 0. The Kier molecular flexibility index (Phi) is 6.21. The Morgan fingerprint density at radius 2 is 2.11 bits per heavy atom. The van der Waals surface area contributed by atoms with Crippen LogP contribution in [0.2, 0.25) is 0 Å². The van der Waals surface area contributed by atoms with E-state index in [0.29, 0.717) is 23.7 Å². The lowest BCUT2D eigenvalue weighted by Crippen LogP contribution is -1.97. The number of nitro groups is 1. The summed E-state index contributed by atoms with van der Waals surface area (Å²) in [6.45, 7) is 4.42. The van der Waals surface area contributed by atoms with Crippen molar-refractivity contribution in [2.24, 2.45) is 0 Å². The molecule has 0 amide bonds. The van der Waals surface area contributed by atoms with Crippen molar-refractivity contribution in [3.63, 3.8) is 0 Å². The fraction of sp³-hybridized carbons (Fsp3) is 0.385. The van der Waals surface area contributed by atoms with E-state index in [4.69, 9.17) is 9.47 Å². The van der Waals surface area contributed by atoms with Gasteiger partial charge >= 0.3 is 0 Å². The second kappa shape index (κ2) is 7.68. The van der Waals surface area contributed by atoms with Crippen molar-refractivity contribution in [3.8, 4) is 11.5 Å². The van der Waals surface area contributed by atoms with Gasteiger partial charge in [0.15, 0.2) is 0 Å². The van der Waals surface area contributed by atoms with Crippen molar-refractivity contribution < 1.29 is 14.4 Å². The third-order valence-electron chi connectivity index (χ3n) is 2.27. The molecule has 0 saturated carbocycles. The van der Waals surface area contributed by atoms with E-state index in [0.717, 1.165) is 16.8 Å². The summed E-state index contributed by atoms with van der Waals surface area (Å²) in [4.78, 5) is 10.9. The zero-order chi connectivity index (χ0) is 14.3. The Morgan fingerprint density at radius 1 is 1.37 bits per heavy atom. The average molecular weight is 283 g/mol. The first kappa shape index (κ1) is 15.4. The number of ether oxygens (including phenoxy) is 2. The molecule has 0 aliphatic carbocycles. The maximum Gasteiger partial charge on any atom is 0.235 e. The van der Waals surface area contributed by atoms with Crippen LogP contribution in [-0.2, 0) is 0 Å². The van der Waals surface area contributed by atoms with E-state index in [1.807, 2.05) is 19.9 Å². The highest BCUT2D eigenvalue weighted by Crippen LogP contribution is 2.36. The zero-order valence-corrected chi connectivity index (χ0v) is 12.0. The van der Waals surface area contributed by atoms with Crippen LogP contribution < -0.4 is 9.47 Å². The van der Waals surface area contributed by atoms with Gasteiger partial charge in [-0.3, -0.25) is 10.1 Å². The minimum atomic E-state index is -0.503. The van der Waals surface area contributed by atoms with E-state index < -0.39 is 4.92 Å². The highest BCUT2D eigenvalue weighted by molar-refractivity contribution is 7.99. The molecule has 0 aliphatic rings. The molecule has 5 nitrogen and oxygen atoms in total. The molecule has 1 aromatic carbocycles. The van der Waals surface area contributed by atoms with Crippen LogP contribution in [0.3, 0.4) is 0 Å². The van der Waals surface area contributed by atoms with Gasteiger partial charge in [-0.2, -0.15) is 0 Å². The molecule has 1 rings (SSSR count). The molecule has 0 atom stereocenters. The van der Waals surface area contributed by atoms with Crippen molar-refractivity contribution in [3.05, 3.63) is 34.0 Å². The third kappa shape index (κ3) is 4.48. The molecule has 6 heteroatoms. The number of benzene rings is 1. The molecule has 0 radical (unpaired) electrons. The first-order valence-electron chi connectivity index (χ1n) is 5.91. The average Bonchev–Trinajstić information content (AvgIpc) is 2.38. The van der Waals surface area contributed by atoms with Gasteiger partial charge in [-0.25, -0.2) is 0 Å². The summed E-state index contributed by atoms with van der Waals surface area (Å²) in [5.74, 6) is 2.22. The Hall–Kier alpha value is -1.69. The normalized spacial score (nSPS) is 10.7. The van der Waals surface area contributed by atoms with E-state index >= 15 is 0 Å². The van der Waals surface area contributed by atoms with Gasteiger partial charge in [-0.05, 0) is 24.8 Å². The van der Waals surface area contributed by atoms with Crippen LogP contribution in [0.25, 0.3) is 6.08 Å². The maximum atomic E-state index is 10.4. The maximum absolute atomic E-state index is 10.4. The molecular weight excluding hydrogens is 266 g/mol. The monoisotopic (exact) mass is 283 g/mol. The molecule has 1 aromatic rings. The topological polar surface area (TPSA) is 61.6 Å². The summed E-state index contributed by atoms with van der Waals surface area (Å²) in [5, 5.41) is 10.4. The van der Waals surface area contributed by atoms with Crippen molar-refractivity contribution in [1.82, 2.24) is 0 Å². The van der Waals surface area contributed by atoms with Crippen molar-refractivity contribution in [1.29, 1.82) is 0 Å². The van der Waals surface area contributed by atoms with E-state index in [9.17, 15) is 10.1 Å². The Morgan fingerprint density at radius 3 is 2.63 bits per heavy atom. The summed E-state index contributed by atoms with van der Waals surface area (Å²) in [7, 11) is 1.58. The summed E-state index contributed by atoms with van der Waals surface area (Å²) in [6.07, 6.45) is 2.30. The number of rotatable bonds is 7. The van der Waals surface area contributed by atoms with Gasteiger partial charge in [-0.15, -0.1) is 11.8 Å². The number of nitrogens with zero attached hydrogens (tertiary/aromatic N) is 1. The first-order chi connectivity index (χ1) is 9.12. The highest BCUT2D eigenvalue weighted by Gasteiger charge is 2.10. The SMILES string of the molecule is CCOc1cc(SCC)c(OC)cc1C=C[N+](=O)[O-]. The van der Waals surface area contributed by atoms with Crippen LogP contribution in [0.4, 0.5) is 0 Å². The lowest BCUT2D eigenvalue weighted by molar-refractivity contribution is -0.400. The molecule has 0 aromatic heterocycles. The Balaban J connectivity index is 3.22. The van der Waals surface area contributed by atoms with Gasteiger partial charge in [0.2, 0.25) is 6.20 Å². The van der Waals surface area contributed by atoms with E-state index in [2.05, 4.69) is 0 Å². The van der Waals surface area contributed by atoms with E-state index in [-0.39, 0.29) is 0 Å². The van der Waals surface area contributed by atoms with Crippen LogP contribution >= 0.6 is 11.8 Å². The predicted octanol–water partition coefficient (Wildman–Crippen LogP) is 3.45. The molecule has 0 aliphatic heterocycles. The molecule has 0 saturated heterocycles. The first-order valence-corrected chi connectivity index (χ1v) is 6.90. The van der Waals surface area contributed by atoms with Crippen molar-refractivity contribution in [2.45, 2.75) is 18.7 Å². The van der Waals surface area contributed by atoms with Crippen LogP contribution in [0, 0.1) is 10.1 Å². The predicted molar refractivity (Wildman–Crippen MR) is 76.6 cm³/mol. The molecule has 0 fully saturated rings. The Bertz CT molecular complexity index is 474. The van der Waals surface area contributed by atoms with Gasteiger partial charge in [-0.1, -0.05) is 6.92 Å². The zero-order valence-electron chi connectivity index (χ0n) is 11.2. The van der Waals surface area contributed by atoms with E-state index in [1.54, 1.807) is 24.9 Å². The molecule has 0 heterocycles. The third-order valence-corrected chi connectivity index (χ3v) is 3.19. The largest absolute Gasteiger partial charge is 0.496 e. The number of thioether (sulfide) groups is 1. The summed E-state index contributed by atoms with van der Waals surface area (Å²) in [5.41, 5.74) is 0.635. The summed E-state index contributed by atoms with van der Waals surface area (Å²) < 4.78 is 10.8. The molecule has 104 valence electrons. The summed E-state index contributed by atoms with van der Waals surface area (Å²) >= 11 is 1.64. The molecule has 0 spiro atoms. The van der Waals surface area contributed by atoms with Gasteiger partial charge in [0.1, 0.15) is 11.5 Å². The van der Waals surface area contributed by atoms with Crippen LogP contribution in [-0.4, -0.2) is 24.4 Å². The molecule has 0 bridgehead atoms. The second-order valence-electron chi connectivity index (χ2n) is 3.51. The standard InChI is InChI=1S/C13H17NO4S/c1-4-18-11-9-13(19-5-2)12(17-3)8-10(11)6-7-14(15)16/h6-9H,4-5H2,1-3H3. The summed E-state index contributed by atoms with van der Waals surface area (Å²) in [6, 6.07) is 3.61. The fourth-order valence-corrected chi connectivity index (χ4v) is 2.32. The van der Waals surface area contributed by atoms with Crippen LogP contribution in [0.15, 0.2) is 23.2 Å². The molecule has 19 heavy (non-hydrogen) atoms. The van der Waals surface area contributed by atoms with Gasteiger partial charge in [0.05, 0.1) is 23.5 Å².